The number of carbonyl (C=O) groups excluding carboxylic acids is 1. The molecule has 3 nitrogen and oxygen atoms in total. The van der Waals surface area contributed by atoms with Crippen molar-refractivity contribution < 1.29 is 22.7 Å². The number of carbonyl (C=O) groups is 1. The average molecular weight is 349 g/mol. The van der Waals surface area contributed by atoms with Crippen LogP contribution in [0, 0.1) is 17.5 Å². The van der Waals surface area contributed by atoms with Crippen molar-refractivity contribution in [3.8, 4) is 10.6 Å². The maximum absolute atomic E-state index is 13.1. The molecule has 122 valence electrons. The Hall–Kier alpha value is -2.67. The van der Waals surface area contributed by atoms with Crippen LogP contribution in [0.5, 0.6) is 0 Å². The molecule has 1 aromatic heterocycles. The molecule has 0 aliphatic rings. The van der Waals surface area contributed by atoms with E-state index < -0.39 is 17.6 Å². The van der Waals surface area contributed by atoms with Crippen molar-refractivity contribution >= 4 is 17.3 Å². The Kier molecular flexibility index (Phi) is 4.61. The number of rotatable bonds is 4. The molecule has 0 aliphatic heterocycles. The van der Waals surface area contributed by atoms with E-state index in [1.165, 1.54) is 23.5 Å². The molecular formula is C17H10F3NO2S. The van der Waals surface area contributed by atoms with Crippen molar-refractivity contribution in [3.63, 3.8) is 0 Å². The van der Waals surface area contributed by atoms with Crippen molar-refractivity contribution in [2.75, 3.05) is 0 Å². The molecule has 7 heteroatoms. The molecule has 0 aliphatic carbocycles. The molecule has 0 saturated carbocycles. The van der Waals surface area contributed by atoms with E-state index >= 15 is 0 Å². The van der Waals surface area contributed by atoms with E-state index in [1.807, 2.05) is 0 Å². The number of hydrogen-bond donors (Lipinski definition) is 0. The highest BCUT2D eigenvalue weighted by Gasteiger charge is 2.12. The minimum absolute atomic E-state index is 0.130. The van der Waals surface area contributed by atoms with E-state index in [0.29, 0.717) is 16.8 Å². The number of esters is 1. The summed E-state index contributed by atoms with van der Waals surface area (Å²) in [5.41, 5.74) is 1.03. The summed E-state index contributed by atoms with van der Waals surface area (Å²) in [4.78, 5) is 16.1. The van der Waals surface area contributed by atoms with Crippen LogP contribution in [-0.4, -0.2) is 11.0 Å². The van der Waals surface area contributed by atoms with E-state index in [2.05, 4.69) is 4.98 Å². The predicted octanol–water partition coefficient (Wildman–Crippen LogP) is 4.58. The van der Waals surface area contributed by atoms with Crippen LogP contribution in [0.2, 0.25) is 0 Å². The van der Waals surface area contributed by atoms with Crippen molar-refractivity contribution in [3.05, 3.63) is 76.6 Å². The van der Waals surface area contributed by atoms with Crippen molar-refractivity contribution in [1.82, 2.24) is 4.98 Å². The largest absolute Gasteiger partial charge is 0.456 e. The number of halogens is 3. The van der Waals surface area contributed by atoms with Crippen LogP contribution in [0.4, 0.5) is 13.2 Å². The van der Waals surface area contributed by atoms with Gasteiger partial charge in [-0.3, -0.25) is 0 Å². The third-order valence-corrected chi connectivity index (χ3v) is 4.03. The third kappa shape index (κ3) is 3.80. The van der Waals surface area contributed by atoms with Crippen molar-refractivity contribution in [1.29, 1.82) is 0 Å². The Morgan fingerprint density at radius 2 is 1.67 bits per heavy atom. The summed E-state index contributed by atoms with van der Waals surface area (Å²) < 4.78 is 44.1. The van der Waals surface area contributed by atoms with Gasteiger partial charge in [0.1, 0.15) is 29.1 Å². The van der Waals surface area contributed by atoms with Crippen molar-refractivity contribution in [2.24, 2.45) is 0 Å². The summed E-state index contributed by atoms with van der Waals surface area (Å²) in [7, 11) is 0. The second-order valence-corrected chi connectivity index (χ2v) is 5.74. The fraction of sp³-hybridized carbons (Fsp3) is 0.0588. The Morgan fingerprint density at radius 1 is 1.00 bits per heavy atom. The zero-order valence-electron chi connectivity index (χ0n) is 12.1. The summed E-state index contributed by atoms with van der Waals surface area (Å²) in [6.45, 7) is -0.130. The molecule has 0 fully saturated rings. The molecule has 0 spiro atoms. The number of ether oxygens (including phenoxy) is 1. The van der Waals surface area contributed by atoms with Crippen LogP contribution in [0.1, 0.15) is 16.1 Å². The summed E-state index contributed by atoms with van der Waals surface area (Å²) in [6.07, 6.45) is 0. The first-order valence-electron chi connectivity index (χ1n) is 6.85. The Bertz CT molecular complexity index is 858. The van der Waals surface area contributed by atoms with Gasteiger partial charge in [0, 0.05) is 17.0 Å². The number of benzene rings is 2. The highest BCUT2D eigenvalue weighted by Crippen LogP contribution is 2.24. The Balaban J connectivity index is 1.67. The molecule has 24 heavy (non-hydrogen) atoms. The lowest BCUT2D eigenvalue weighted by Gasteiger charge is -2.03. The average Bonchev–Trinajstić information content (AvgIpc) is 3.01. The van der Waals surface area contributed by atoms with E-state index in [0.717, 1.165) is 17.7 Å². The molecule has 0 unspecified atom stereocenters. The lowest BCUT2D eigenvalue weighted by Crippen LogP contribution is -2.06. The first kappa shape index (κ1) is 16.2. The third-order valence-electron chi connectivity index (χ3n) is 3.09. The van der Waals surface area contributed by atoms with Crippen LogP contribution in [0.25, 0.3) is 10.6 Å². The first-order valence-corrected chi connectivity index (χ1v) is 7.73. The minimum Gasteiger partial charge on any atom is -0.456 e. The summed E-state index contributed by atoms with van der Waals surface area (Å²) in [6, 6.07) is 8.32. The highest BCUT2D eigenvalue weighted by atomic mass is 32.1. The lowest BCUT2D eigenvalue weighted by atomic mass is 10.2. The van der Waals surface area contributed by atoms with Crippen LogP contribution in [0.15, 0.2) is 47.8 Å². The zero-order chi connectivity index (χ0) is 17.1. The molecule has 0 saturated heterocycles. The smallest absolute Gasteiger partial charge is 0.338 e. The number of nitrogens with zero attached hydrogens (tertiary/aromatic N) is 1. The Labute approximate surface area is 139 Å². The topological polar surface area (TPSA) is 39.2 Å². The van der Waals surface area contributed by atoms with Gasteiger partial charge in [0.25, 0.3) is 0 Å². The second-order valence-electron chi connectivity index (χ2n) is 4.89. The van der Waals surface area contributed by atoms with E-state index in [1.54, 1.807) is 17.5 Å². The van der Waals surface area contributed by atoms with E-state index in [4.69, 9.17) is 4.74 Å². The summed E-state index contributed by atoms with van der Waals surface area (Å²) in [5.74, 6) is -2.89. The number of hydrogen-bond acceptors (Lipinski definition) is 4. The maximum atomic E-state index is 13.1. The molecule has 3 aromatic rings. The quantitative estimate of drug-likeness (QED) is 0.647. The Morgan fingerprint density at radius 3 is 2.33 bits per heavy atom. The highest BCUT2D eigenvalue weighted by molar-refractivity contribution is 7.13. The maximum Gasteiger partial charge on any atom is 0.338 e. The van der Waals surface area contributed by atoms with Crippen LogP contribution in [0.3, 0.4) is 0 Å². The SMILES string of the molecule is O=C(OCc1csc(-c2ccc(F)cc2)n1)c1cc(F)cc(F)c1. The molecule has 0 radical (unpaired) electrons. The molecular weight excluding hydrogens is 339 g/mol. The predicted molar refractivity (Wildman–Crippen MR) is 83.0 cm³/mol. The number of aromatic nitrogens is 1. The molecule has 2 aromatic carbocycles. The summed E-state index contributed by atoms with van der Waals surface area (Å²) >= 11 is 1.32. The van der Waals surface area contributed by atoms with Crippen LogP contribution < -0.4 is 0 Å². The molecule has 0 N–H and O–H groups in total. The lowest BCUT2D eigenvalue weighted by molar-refractivity contribution is 0.0467. The van der Waals surface area contributed by atoms with Gasteiger partial charge in [-0.1, -0.05) is 0 Å². The number of thiazole rings is 1. The van der Waals surface area contributed by atoms with Crippen LogP contribution >= 0.6 is 11.3 Å². The van der Waals surface area contributed by atoms with Gasteiger partial charge < -0.3 is 4.74 Å². The van der Waals surface area contributed by atoms with Gasteiger partial charge in [-0.15, -0.1) is 11.3 Å². The fourth-order valence-corrected chi connectivity index (χ4v) is 2.80. The molecule has 3 rings (SSSR count). The van der Waals surface area contributed by atoms with Gasteiger partial charge >= 0.3 is 5.97 Å². The molecule has 0 bridgehead atoms. The zero-order valence-corrected chi connectivity index (χ0v) is 12.9. The monoisotopic (exact) mass is 349 g/mol. The van der Waals surface area contributed by atoms with Gasteiger partial charge in [-0.25, -0.2) is 22.9 Å². The van der Waals surface area contributed by atoms with Gasteiger partial charge in [-0.05, 0) is 36.4 Å². The normalized spacial score (nSPS) is 10.6. The minimum atomic E-state index is -0.853. The van der Waals surface area contributed by atoms with E-state index in [-0.39, 0.29) is 18.0 Å². The first-order chi connectivity index (χ1) is 11.5. The van der Waals surface area contributed by atoms with Gasteiger partial charge in [0.05, 0.1) is 11.3 Å². The standard InChI is InChI=1S/C17H10F3NO2S/c18-12-3-1-10(2-4-12)16-21-15(9-24-16)8-23-17(22)11-5-13(19)7-14(20)6-11/h1-7,9H,8H2. The molecule has 0 amide bonds. The van der Waals surface area contributed by atoms with Gasteiger partial charge in [-0.2, -0.15) is 0 Å². The second kappa shape index (κ2) is 6.84. The van der Waals surface area contributed by atoms with Gasteiger partial charge in [0.2, 0.25) is 0 Å². The van der Waals surface area contributed by atoms with Crippen LogP contribution in [-0.2, 0) is 11.3 Å². The van der Waals surface area contributed by atoms with Crippen molar-refractivity contribution in [2.45, 2.75) is 6.61 Å². The fourth-order valence-electron chi connectivity index (χ4n) is 1.99. The molecule has 0 atom stereocenters. The van der Waals surface area contributed by atoms with Gasteiger partial charge in [0.15, 0.2) is 0 Å². The molecule has 1 heterocycles. The summed E-state index contributed by atoms with van der Waals surface area (Å²) in [5, 5.41) is 2.34. The van der Waals surface area contributed by atoms with E-state index in [9.17, 15) is 18.0 Å².